The molecule has 9 aromatic rings. The van der Waals surface area contributed by atoms with Crippen LogP contribution in [-0.4, -0.2) is 4.98 Å². The fourth-order valence-corrected chi connectivity index (χ4v) is 7.99. The van der Waals surface area contributed by atoms with Gasteiger partial charge in [0.25, 0.3) is 0 Å². The molecule has 0 spiro atoms. The van der Waals surface area contributed by atoms with Crippen molar-refractivity contribution in [3.63, 3.8) is 0 Å². The van der Waals surface area contributed by atoms with Crippen LogP contribution in [0.15, 0.2) is 188 Å². The molecule has 0 N–H and O–H groups in total. The van der Waals surface area contributed by atoms with Crippen LogP contribution in [0, 0.1) is 0 Å². The average molecular weight is 646 g/mol. The van der Waals surface area contributed by atoms with Gasteiger partial charge >= 0.3 is 0 Å². The maximum absolute atomic E-state index is 4.41. The standard InChI is InChI=1S/C45H31N3S/c1-5-15-32(16-6-1)38-23-13-14-24-41(38)48(37-21-11-4-12-22-37)42-29-40-39-27-33-25-26-46-31-34(33)28-44(39)49-45(40)30-43(42)47(35-17-7-2-8-18-35)36-19-9-3-10-20-36/h1-31H. The lowest BCUT2D eigenvalue weighted by atomic mass is 10.0. The molecule has 0 unspecified atom stereocenters. The maximum atomic E-state index is 4.41. The maximum Gasteiger partial charge on any atom is 0.0716 e. The summed E-state index contributed by atoms with van der Waals surface area (Å²) < 4.78 is 2.48. The Labute approximate surface area is 289 Å². The van der Waals surface area contributed by atoms with Crippen molar-refractivity contribution < 1.29 is 0 Å². The molecule has 4 heteroatoms. The van der Waals surface area contributed by atoms with Crippen molar-refractivity contribution in [1.29, 1.82) is 0 Å². The summed E-state index contributed by atoms with van der Waals surface area (Å²) in [6.07, 6.45) is 3.84. The Hall–Kier alpha value is -6.23. The molecule has 2 heterocycles. The van der Waals surface area contributed by atoms with Crippen LogP contribution in [0.1, 0.15) is 0 Å². The van der Waals surface area contributed by atoms with E-state index in [1.807, 2.05) is 23.7 Å². The third-order valence-corrected chi connectivity index (χ3v) is 10.2. The number of benzene rings is 7. The minimum atomic E-state index is 1.09. The fourth-order valence-electron chi connectivity index (χ4n) is 6.84. The zero-order valence-electron chi connectivity index (χ0n) is 26.6. The van der Waals surface area contributed by atoms with E-state index in [0.29, 0.717) is 0 Å². The van der Waals surface area contributed by atoms with Crippen LogP contribution in [0.2, 0.25) is 0 Å². The summed E-state index contributed by atoms with van der Waals surface area (Å²) in [4.78, 5) is 9.23. The molecule has 0 bridgehead atoms. The van der Waals surface area contributed by atoms with Crippen molar-refractivity contribution >= 4 is 76.4 Å². The molecule has 0 aliphatic carbocycles. The number of thiophene rings is 1. The molecule has 0 aliphatic heterocycles. The van der Waals surface area contributed by atoms with Crippen LogP contribution in [-0.2, 0) is 0 Å². The van der Waals surface area contributed by atoms with E-state index in [2.05, 4.69) is 191 Å². The minimum Gasteiger partial charge on any atom is -0.308 e. The Bertz CT molecular complexity index is 2510. The predicted octanol–water partition coefficient (Wildman–Crippen LogP) is 13.2. The van der Waals surface area contributed by atoms with Gasteiger partial charge in [-0.05, 0) is 83.7 Å². The van der Waals surface area contributed by atoms with Crippen LogP contribution in [0.5, 0.6) is 0 Å². The highest BCUT2D eigenvalue weighted by atomic mass is 32.1. The third-order valence-electron chi connectivity index (χ3n) is 9.08. The first-order valence-corrected chi connectivity index (χ1v) is 17.3. The molecular weight excluding hydrogens is 615 g/mol. The number of para-hydroxylation sites is 4. The number of anilines is 6. The van der Waals surface area contributed by atoms with E-state index in [1.165, 1.54) is 31.1 Å². The van der Waals surface area contributed by atoms with Gasteiger partial charge in [0.2, 0.25) is 0 Å². The van der Waals surface area contributed by atoms with Gasteiger partial charge in [0, 0.05) is 60.6 Å². The summed E-state index contributed by atoms with van der Waals surface area (Å²) in [6.45, 7) is 0. The molecule has 0 fully saturated rings. The monoisotopic (exact) mass is 645 g/mol. The predicted molar refractivity (Wildman–Crippen MR) is 209 cm³/mol. The molecule has 49 heavy (non-hydrogen) atoms. The SMILES string of the molecule is c1ccc(-c2ccccc2N(c2ccccc2)c2cc3c(cc2N(c2ccccc2)c2ccccc2)sc2cc4cnccc4cc23)cc1. The highest BCUT2D eigenvalue weighted by molar-refractivity contribution is 7.26. The van der Waals surface area contributed by atoms with Crippen molar-refractivity contribution in [2.45, 2.75) is 0 Å². The first-order valence-electron chi connectivity index (χ1n) is 16.5. The van der Waals surface area contributed by atoms with E-state index in [9.17, 15) is 0 Å². The van der Waals surface area contributed by atoms with E-state index in [4.69, 9.17) is 0 Å². The van der Waals surface area contributed by atoms with Crippen LogP contribution in [0.25, 0.3) is 42.1 Å². The van der Waals surface area contributed by atoms with Gasteiger partial charge in [-0.1, -0.05) is 103 Å². The first kappa shape index (κ1) is 29.0. The molecular formula is C45H31N3S. The lowest BCUT2D eigenvalue weighted by Crippen LogP contribution is -2.17. The van der Waals surface area contributed by atoms with E-state index in [1.54, 1.807) is 0 Å². The smallest absolute Gasteiger partial charge is 0.0716 e. The van der Waals surface area contributed by atoms with Gasteiger partial charge in [0.1, 0.15) is 0 Å². The summed E-state index contributed by atoms with van der Waals surface area (Å²) in [5, 5.41) is 4.83. The Morgan fingerprint density at radius 1 is 0.408 bits per heavy atom. The number of nitrogens with zero attached hydrogens (tertiary/aromatic N) is 3. The van der Waals surface area contributed by atoms with Gasteiger partial charge in [-0.2, -0.15) is 0 Å². The van der Waals surface area contributed by atoms with E-state index in [-0.39, 0.29) is 0 Å². The molecule has 0 amide bonds. The number of pyridine rings is 1. The summed E-state index contributed by atoms with van der Waals surface area (Å²) in [5.41, 5.74) is 8.90. The average Bonchev–Trinajstić information content (AvgIpc) is 3.52. The molecule has 0 radical (unpaired) electrons. The molecule has 232 valence electrons. The summed E-state index contributed by atoms with van der Waals surface area (Å²) in [7, 11) is 0. The van der Waals surface area contributed by atoms with Crippen LogP contribution < -0.4 is 9.80 Å². The lowest BCUT2D eigenvalue weighted by molar-refractivity contribution is 1.23. The van der Waals surface area contributed by atoms with Crippen molar-refractivity contribution in [1.82, 2.24) is 4.98 Å². The highest BCUT2D eigenvalue weighted by Crippen LogP contribution is 2.51. The zero-order valence-corrected chi connectivity index (χ0v) is 27.5. The number of hydrogen-bond acceptors (Lipinski definition) is 4. The molecule has 9 rings (SSSR count). The number of fused-ring (bicyclic) bond motifs is 4. The largest absolute Gasteiger partial charge is 0.308 e. The molecule has 0 saturated heterocycles. The van der Waals surface area contributed by atoms with Gasteiger partial charge < -0.3 is 9.80 Å². The van der Waals surface area contributed by atoms with Crippen molar-refractivity contribution in [3.8, 4) is 11.1 Å². The van der Waals surface area contributed by atoms with Crippen LogP contribution in [0.4, 0.5) is 34.1 Å². The minimum absolute atomic E-state index is 1.09. The second kappa shape index (κ2) is 12.4. The van der Waals surface area contributed by atoms with E-state index in [0.717, 1.165) is 45.1 Å². The Morgan fingerprint density at radius 2 is 0.939 bits per heavy atom. The van der Waals surface area contributed by atoms with Crippen molar-refractivity contribution in [2.24, 2.45) is 0 Å². The van der Waals surface area contributed by atoms with Gasteiger partial charge in [-0.15, -0.1) is 11.3 Å². The summed E-state index contributed by atoms with van der Waals surface area (Å²) >= 11 is 1.84. The van der Waals surface area contributed by atoms with E-state index >= 15 is 0 Å². The van der Waals surface area contributed by atoms with Crippen molar-refractivity contribution in [3.05, 3.63) is 188 Å². The number of hydrogen-bond donors (Lipinski definition) is 0. The van der Waals surface area contributed by atoms with Gasteiger partial charge in [0.15, 0.2) is 0 Å². The summed E-state index contributed by atoms with van der Waals surface area (Å²) in [6, 6.07) is 63.0. The molecule has 2 aromatic heterocycles. The topological polar surface area (TPSA) is 19.4 Å². The number of rotatable bonds is 7. The molecule has 0 saturated carbocycles. The van der Waals surface area contributed by atoms with Gasteiger partial charge in [0.05, 0.1) is 17.1 Å². The quantitative estimate of drug-likeness (QED) is 0.172. The van der Waals surface area contributed by atoms with Crippen molar-refractivity contribution in [2.75, 3.05) is 9.80 Å². The fraction of sp³-hybridized carbons (Fsp3) is 0. The third kappa shape index (κ3) is 5.29. The Morgan fingerprint density at radius 3 is 1.61 bits per heavy atom. The Kier molecular flexibility index (Phi) is 7.34. The zero-order chi connectivity index (χ0) is 32.6. The first-order chi connectivity index (χ1) is 24.3. The van der Waals surface area contributed by atoms with Gasteiger partial charge in [-0.25, -0.2) is 0 Å². The molecule has 3 nitrogen and oxygen atoms in total. The normalized spacial score (nSPS) is 11.3. The second-order valence-electron chi connectivity index (χ2n) is 12.1. The van der Waals surface area contributed by atoms with Crippen LogP contribution >= 0.6 is 11.3 Å². The lowest BCUT2D eigenvalue weighted by Gasteiger charge is -2.34. The number of aromatic nitrogens is 1. The molecule has 7 aromatic carbocycles. The molecule has 0 aliphatic rings. The molecule has 0 atom stereocenters. The Balaban J connectivity index is 1.41. The highest BCUT2D eigenvalue weighted by Gasteiger charge is 2.25. The van der Waals surface area contributed by atoms with E-state index < -0.39 is 0 Å². The summed E-state index contributed by atoms with van der Waals surface area (Å²) in [5.74, 6) is 0. The second-order valence-corrected chi connectivity index (χ2v) is 13.2. The van der Waals surface area contributed by atoms with Crippen LogP contribution in [0.3, 0.4) is 0 Å². The van der Waals surface area contributed by atoms with Gasteiger partial charge in [-0.3, -0.25) is 4.98 Å².